The molecule has 0 unspecified atom stereocenters. The van der Waals surface area contributed by atoms with Gasteiger partial charge in [0.1, 0.15) is 5.58 Å². The average Bonchev–Trinajstić information content (AvgIpc) is 2.69. The Bertz CT molecular complexity index is 928. The van der Waals surface area contributed by atoms with Gasteiger partial charge in [0.05, 0.1) is 6.54 Å². The summed E-state index contributed by atoms with van der Waals surface area (Å²) in [7, 11) is 1.24. The van der Waals surface area contributed by atoms with Crippen molar-refractivity contribution in [2.24, 2.45) is 0 Å². The van der Waals surface area contributed by atoms with E-state index in [0.717, 1.165) is 20.9 Å². The van der Waals surface area contributed by atoms with Gasteiger partial charge in [-0.2, -0.15) is 0 Å². The summed E-state index contributed by atoms with van der Waals surface area (Å²) in [6.07, 6.45) is 0. The minimum absolute atomic E-state index is 0.154. The van der Waals surface area contributed by atoms with Crippen molar-refractivity contribution < 1.29 is 18.8 Å². The highest BCUT2D eigenvalue weighted by atomic mass is 16.4. The number of nitrogens with zero attached hydrogens (tertiary/aromatic N) is 2. The second-order valence-corrected chi connectivity index (χ2v) is 5.51. The second kappa shape index (κ2) is 5.05. The van der Waals surface area contributed by atoms with E-state index in [9.17, 15) is 19.2 Å². The second-order valence-electron chi connectivity index (χ2n) is 5.51. The normalized spacial score (nSPS) is 15.2. The van der Waals surface area contributed by atoms with E-state index in [2.05, 4.69) is 0 Å². The minimum Gasteiger partial charge on any atom is -0.422 e. The van der Waals surface area contributed by atoms with E-state index >= 15 is 0 Å². The first-order valence-electron chi connectivity index (χ1n) is 6.97. The van der Waals surface area contributed by atoms with Crippen LogP contribution in [0.1, 0.15) is 16.7 Å². The van der Waals surface area contributed by atoms with E-state index in [1.54, 1.807) is 6.07 Å². The maximum absolute atomic E-state index is 12.0. The summed E-state index contributed by atoms with van der Waals surface area (Å²) >= 11 is 0. The molecule has 1 aromatic carbocycles. The van der Waals surface area contributed by atoms with Gasteiger partial charge in [-0.05, 0) is 30.5 Å². The Morgan fingerprint density at radius 1 is 1.04 bits per heavy atom. The summed E-state index contributed by atoms with van der Waals surface area (Å²) in [5.41, 5.74) is 2.09. The van der Waals surface area contributed by atoms with Crippen LogP contribution in [0.2, 0.25) is 0 Å². The maximum Gasteiger partial charge on any atom is 0.336 e. The summed E-state index contributed by atoms with van der Waals surface area (Å²) in [4.78, 5) is 48.8. The monoisotopic (exact) mass is 314 g/mol. The molecule has 1 fully saturated rings. The van der Waals surface area contributed by atoms with Crippen LogP contribution in [0.3, 0.4) is 0 Å². The van der Waals surface area contributed by atoms with Crippen molar-refractivity contribution in [2.45, 2.75) is 20.4 Å². The van der Waals surface area contributed by atoms with Crippen molar-refractivity contribution in [1.82, 2.24) is 9.80 Å². The topological polar surface area (TPSA) is 87.9 Å². The van der Waals surface area contributed by atoms with Crippen molar-refractivity contribution in [1.29, 1.82) is 0 Å². The number of hydrogen-bond donors (Lipinski definition) is 0. The summed E-state index contributed by atoms with van der Waals surface area (Å²) in [5, 5.41) is 0.635. The molecule has 0 radical (unpaired) electrons. The lowest BCUT2D eigenvalue weighted by Crippen LogP contribution is -2.31. The van der Waals surface area contributed by atoms with Gasteiger partial charge in [0.2, 0.25) is 0 Å². The number of aryl methyl sites for hydroxylation is 2. The molecule has 7 nitrogen and oxygen atoms in total. The predicted octanol–water partition coefficient (Wildman–Crippen LogP) is 1.33. The van der Waals surface area contributed by atoms with Crippen LogP contribution >= 0.6 is 0 Å². The first kappa shape index (κ1) is 15.0. The van der Waals surface area contributed by atoms with Crippen LogP contribution in [0, 0.1) is 13.8 Å². The van der Waals surface area contributed by atoms with Crippen molar-refractivity contribution in [3.05, 3.63) is 45.3 Å². The zero-order valence-corrected chi connectivity index (χ0v) is 12.9. The van der Waals surface area contributed by atoms with E-state index in [-0.39, 0.29) is 6.54 Å². The summed E-state index contributed by atoms with van der Waals surface area (Å²) < 4.78 is 5.25. The fourth-order valence-corrected chi connectivity index (χ4v) is 2.58. The molecule has 118 valence electrons. The Hall–Kier alpha value is -2.96. The third kappa shape index (κ3) is 2.21. The van der Waals surface area contributed by atoms with Crippen molar-refractivity contribution in [3.8, 4) is 0 Å². The number of imide groups is 2. The molecular weight excluding hydrogens is 300 g/mol. The number of urea groups is 1. The van der Waals surface area contributed by atoms with Crippen LogP contribution in [0.15, 0.2) is 27.4 Å². The standard InChI is InChI=1S/C16H14N2O5/c1-8-4-5-11-10(6-12(19)23-13(11)9(8)2)7-18-15(21)14(20)17(3)16(18)22/h4-6H,7H2,1-3H3. The maximum atomic E-state index is 12.0. The number of carbonyl (C=O) groups excluding carboxylic acids is 3. The first-order chi connectivity index (χ1) is 10.8. The molecule has 0 atom stereocenters. The van der Waals surface area contributed by atoms with Gasteiger partial charge >= 0.3 is 23.5 Å². The third-order valence-corrected chi connectivity index (χ3v) is 4.10. The molecule has 7 heteroatoms. The quantitative estimate of drug-likeness (QED) is 0.474. The van der Waals surface area contributed by atoms with Gasteiger partial charge in [-0.25, -0.2) is 9.59 Å². The van der Waals surface area contributed by atoms with Crippen molar-refractivity contribution in [2.75, 3.05) is 7.05 Å². The average molecular weight is 314 g/mol. The van der Waals surface area contributed by atoms with E-state index < -0.39 is 23.5 Å². The van der Waals surface area contributed by atoms with Crippen LogP contribution in [-0.2, 0) is 16.1 Å². The van der Waals surface area contributed by atoms with Gasteiger partial charge in [-0.1, -0.05) is 12.1 Å². The lowest BCUT2D eigenvalue weighted by Gasteiger charge is -2.14. The molecule has 1 aromatic heterocycles. The van der Waals surface area contributed by atoms with Gasteiger partial charge in [0.15, 0.2) is 0 Å². The lowest BCUT2D eigenvalue weighted by molar-refractivity contribution is -0.143. The number of amides is 4. The fraction of sp³-hybridized carbons (Fsp3) is 0.250. The Labute approximate surface area is 131 Å². The van der Waals surface area contributed by atoms with E-state index in [1.807, 2.05) is 19.9 Å². The Morgan fingerprint density at radius 2 is 1.74 bits per heavy atom. The number of carbonyl (C=O) groups is 3. The van der Waals surface area contributed by atoms with Gasteiger partial charge < -0.3 is 4.42 Å². The molecule has 23 heavy (non-hydrogen) atoms. The SMILES string of the molecule is Cc1ccc2c(CN3C(=O)C(=O)N(C)C3=O)cc(=O)oc2c1C. The van der Waals surface area contributed by atoms with Crippen LogP contribution < -0.4 is 5.63 Å². The Morgan fingerprint density at radius 3 is 2.35 bits per heavy atom. The van der Waals surface area contributed by atoms with E-state index in [4.69, 9.17) is 4.42 Å². The van der Waals surface area contributed by atoms with Crippen LogP contribution in [0.5, 0.6) is 0 Å². The number of benzene rings is 1. The van der Waals surface area contributed by atoms with Gasteiger partial charge in [-0.15, -0.1) is 0 Å². The molecule has 1 aliphatic heterocycles. The predicted molar refractivity (Wildman–Crippen MR) is 80.7 cm³/mol. The first-order valence-corrected chi connectivity index (χ1v) is 6.97. The molecule has 0 N–H and O–H groups in total. The van der Waals surface area contributed by atoms with Gasteiger partial charge in [-0.3, -0.25) is 19.4 Å². The van der Waals surface area contributed by atoms with Crippen molar-refractivity contribution >= 4 is 28.8 Å². The molecule has 3 rings (SSSR count). The Kier molecular flexibility index (Phi) is 3.28. The number of likely N-dealkylation sites (N-methyl/N-ethyl adjacent to an activating group) is 1. The molecule has 1 aliphatic rings. The van der Waals surface area contributed by atoms with Gasteiger partial charge in [0.25, 0.3) is 0 Å². The lowest BCUT2D eigenvalue weighted by atomic mass is 10.0. The van der Waals surface area contributed by atoms with E-state index in [0.29, 0.717) is 16.5 Å². The van der Waals surface area contributed by atoms with Crippen LogP contribution in [0.25, 0.3) is 11.0 Å². The van der Waals surface area contributed by atoms with Crippen LogP contribution in [0.4, 0.5) is 4.79 Å². The largest absolute Gasteiger partial charge is 0.422 e. The minimum atomic E-state index is -0.900. The molecule has 0 spiro atoms. The number of hydrogen-bond acceptors (Lipinski definition) is 5. The zero-order chi connectivity index (χ0) is 16.9. The van der Waals surface area contributed by atoms with Gasteiger partial charge in [0, 0.05) is 18.5 Å². The summed E-state index contributed by atoms with van der Waals surface area (Å²) in [6, 6.07) is 4.17. The van der Waals surface area contributed by atoms with Crippen molar-refractivity contribution in [3.63, 3.8) is 0 Å². The third-order valence-electron chi connectivity index (χ3n) is 4.10. The van der Waals surface area contributed by atoms with Crippen LogP contribution in [-0.4, -0.2) is 34.7 Å². The highest BCUT2D eigenvalue weighted by Gasteiger charge is 2.42. The zero-order valence-electron chi connectivity index (χ0n) is 12.9. The van der Waals surface area contributed by atoms with E-state index in [1.165, 1.54) is 13.1 Å². The molecular formula is C16H14N2O5. The molecule has 4 amide bonds. The molecule has 2 heterocycles. The smallest absolute Gasteiger partial charge is 0.336 e. The summed E-state index contributed by atoms with van der Waals surface area (Å²) in [6.45, 7) is 3.56. The molecule has 0 saturated carbocycles. The highest BCUT2D eigenvalue weighted by molar-refractivity contribution is 6.44. The Balaban J connectivity index is 2.13. The molecule has 0 bridgehead atoms. The number of rotatable bonds is 2. The number of fused-ring (bicyclic) bond motifs is 1. The fourth-order valence-electron chi connectivity index (χ4n) is 2.58. The highest BCUT2D eigenvalue weighted by Crippen LogP contribution is 2.25. The molecule has 2 aromatic rings. The molecule has 0 aliphatic carbocycles. The summed E-state index contributed by atoms with van der Waals surface area (Å²) in [5.74, 6) is -1.78. The molecule has 1 saturated heterocycles.